The van der Waals surface area contributed by atoms with Crippen LogP contribution in [0.5, 0.6) is 0 Å². The molecule has 1 spiro atoms. The van der Waals surface area contributed by atoms with Gasteiger partial charge in [-0.25, -0.2) is 4.79 Å². The number of piperidine rings is 1. The number of hydrogen-bond donors (Lipinski definition) is 1. The standard InChI is InChI=1S/C22H39N3O5/c1-16-19(27)23(12-13-25(16)20(28)30-21(2,3)4)10-6-17(15-29-5)24-11-9-22(7-8-22)18(26)14-24/h16-18,26H,6-15H2,1-5H3/t16-,17+,18-/m1/s1. The Balaban J connectivity index is 1.53. The van der Waals surface area contributed by atoms with Crippen LogP contribution in [-0.2, 0) is 14.3 Å². The Morgan fingerprint density at radius 1 is 1.23 bits per heavy atom. The summed E-state index contributed by atoms with van der Waals surface area (Å²) in [4.78, 5) is 31.0. The number of β-amino-alcohol motifs (C(OH)–C–C–N with tert-alkyl or cyclic N) is 1. The third kappa shape index (κ3) is 5.26. The summed E-state index contributed by atoms with van der Waals surface area (Å²) in [6.45, 7) is 11.1. The fraction of sp³-hybridized carbons (Fsp3) is 0.909. The second kappa shape index (κ2) is 9.01. The number of rotatable bonds is 6. The number of methoxy groups -OCH3 is 1. The molecule has 172 valence electrons. The fourth-order valence-corrected chi connectivity index (χ4v) is 4.71. The Kier molecular flexibility index (Phi) is 6.99. The molecule has 2 aliphatic heterocycles. The van der Waals surface area contributed by atoms with Gasteiger partial charge in [-0.3, -0.25) is 14.6 Å². The van der Waals surface area contributed by atoms with Crippen molar-refractivity contribution in [1.82, 2.24) is 14.7 Å². The zero-order valence-corrected chi connectivity index (χ0v) is 19.2. The van der Waals surface area contributed by atoms with Crippen molar-refractivity contribution in [2.45, 2.75) is 77.2 Å². The summed E-state index contributed by atoms with van der Waals surface area (Å²) in [7, 11) is 1.70. The number of likely N-dealkylation sites (tertiary alicyclic amines) is 1. The van der Waals surface area contributed by atoms with E-state index in [1.165, 1.54) is 4.90 Å². The number of nitrogens with zero attached hydrogens (tertiary/aromatic N) is 3. The van der Waals surface area contributed by atoms with E-state index in [0.717, 1.165) is 32.2 Å². The molecule has 1 aliphatic carbocycles. The van der Waals surface area contributed by atoms with Crippen LogP contribution in [0.1, 0.15) is 53.4 Å². The quantitative estimate of drug-likeness (QED) is 0.698. The molecule has 2 amide bonds. The van der Waals surface area contributed by atoms with E-state index in [-0.39, 0.29) is 23.5 Å². The van der Waals surface area contributed by atoms with Crippen LogP contribution in [0.4, 0.5) is 4.79 Å². The van der Waals surface area contributed by atoms with Crippen molar-refractivity contribution in [3.8, 4) is 0 Å². The van der Waals surface area contributed by atoms with Crippen LogP contribution in [-0.4, -0.2) is 102 Å². The van der Waals surface area contributed by atoms with Gasteiger partial charge in [-0.05, 0) is 65.3 Å². The molecular weight excluding hydrogens is 386 g/mol. The summed E-state index contributed by atoms with van der Waals surface area (Å²) in [5, 5.41) is 10.5. The molecule has 1 saturated carbocycles. The highest BCUT2D eigenvalue weighted by Crippen LogP contribution is 2.53. The maximum Gasteiger partial charge on any atom is 0.411 e. The minimum atomic E-state index is -0.581. The summed E-state index contributed by atoms with van der Waals surface area (Å²) in [6.07, 6.45) is 3.43. The zero-order valence-electron chi connectivity index (χ0n) is 19.2. The van der Waals surface area contributed by atoms with Gasteiger partial charge in [-0.2, -0.15) is 0 Å². The lowest BCUT2D eigenvalue weighted by Crippen LogP contribution is -2.59. The van der Waals surface area contributed by atoms with Crippen LogP contribution in [0.25, 0.3) is 0 Å². The normalized spacial score (nSPS) is 28.0. The second-order valence-corrected chi connectivity index (χ2v) is 10.2. The van der Waals surface area contributed by atoms with Crippen molar-refractivity contribution in [1.29, 1.82) is 0 Å². The van der Waals surface area contributed by atoms with Crippen LogP contribution in [0.3, 0.4) is 0 Å². The highest BCUT2D eigenvalue weighted by molar-refractivity contribution is 5.86. The first-order valence-electron chi connectivity index (χ1n) is 11.3. The van der Waals surface area contributed by atoms with Gasteiger partial charge in [0.2, 0.25) is 5.91 Å². The van der Waals surface area contributed by atoms with Crippen molar-refractivity contribution in [3.63, 3.8) is 0 Å². The Bertz CT molecular complexity index is 631. The minimum Gasteiger partial charge on any atom is -0.444 e. The van der Waals surface area contributed by atoms with Gasteiger partial charge in [0.1, 0.15) is 11.6 Å². The van der Waals surface area contributed by atoms with Gasteiger partial charge in [-0.1, -0.05) is 0 Å². The molecule has 3 fully saturated rings. The van der Waals surface area contributed by atoms with Gasteiger partial charge in [0.05, 0.1) is 12.7 Å². The molecule has 0 radical (unpaired) electrons. The van der Waals surface area contributed by atoms with Crippen LogP contribution in [0.15, 0.2) is 0 Å². The summed E-state index contributed by atoms with van der Waals surface area (Å²) < 4.78 is 10.9. The molecule has 8 heteroatoms. The fourth-order valence-electron chi connectivity index (χ4n) is 4.71. The maximum atomic E-state index is 12.9. The predicted molar refractivity (Wildman–Crippen MR) is 113 cm³/mol. The SMILES string of the molecule is COC[C@H](CCN1CCN(C(=O)OC(C)(C)C)[C@H](C)C1=O)N1CCC2(CC2)[C@H](O)C1. The smallest absolute Gasteiger partial charge is 0.411 e. The van der Waals surface area contributed by atoms with Gasteiger partial charge in [0, 0.05) is 39.3 Å². The average molecular weight is 426 g/mol. The number of piperazine rings is 1. The van der Waals surface area contributed by atoms with Gasteiger partial charge in [0.25, 0.3) is 0 Å². The molecule has 0 aromatic heterocycles. The summed E-state index contributed by atoms with van der Waals surface area (Å²) >= 11 is 0. The van der Waals surface area contributed by atoms with Gasteiger partial charge in [-0.15, -0.1) is 0 Å². The Morgan fingerprint density at radius 2 is 1.93 bits per heavy atom. The van der Waals surface area contributed by atoms with Gasteiger partial charge in [0.15, 0.2) is 0 Å². The second-order valence-electron chi connectivity index (χ2n) is 10.2. The first-order valence-corrected chi connectivity index (χ1v) is 11.3. The minimum absolute atomic E-state index is 0.0427. The van der Waals surface area contributed by atoms with Crippen LogP contribution in [0.2, 0.25) is 0 Å². The largest absolute Gasteiger partial charge is 0.444 e. The lowest BCUT2D eigenvalue weighted by molar-refractivity contribution is -0.141. The van der Waals surface area contributed by atoms with Crippen molar-refractivity contribution < 1.29 is 24.2 Å². The highest BCUT2D eigenvalue weighted by Gasteiger charge is 2.51. The Morgan fingerprint density at radius 3 is 2.50 bits per heavy atom. The van der Waals surface area contributed by atoms with E-state index >= 15 is 0 Å². The Labute approximate surface area is 180 Å². The first-order chi connectivity index (χ1) is 14.1. The molecule has 1 N–H and O–H groups in total. The average Bonchev–Trinajstić information content (AvgIpc) is 3.43. The molecule has 3 aliphatic rings. The van der Waals surface area contributed by atoms with Gasteiger partial charge >= 0.3 is 6.09 Å². The third-order valence-electron chi connectivity index (χ3n) is 6.89. The summed E-state index contributed by atoms with van der Waals surface area (Å²) in [5.74, 6) is -0.0427. The van der Waals surface area contributed by atoms with E-state index in [9.17, 15) is 14.7 Å². The molecule has 0 aromatic rings. The molecule has 3 rings (SSSR count). The molecule has 0 aromatic carbocycles. The van der Waals surface area contributed by atoms with Gasteiger partial charge < -0.3 is 19.5 Å². The van der Waals surface area contributed by atoms with E-state index in [1.54, 1.807) is 14.0 Å². The van der Waals surface area contributed by atoms with Crippen LogP contribution < -0.4 is 0 Å². The third-order valence-corrected chi connectivity index (χ3v) is 6.89. The zero-order chi connectivity index (χ0) is 22.1. The summed E-state index contributed by atoms with van der Waals surface area (Å²) in [5.41, 5.74) is -0.403. The van der Waals surface area contributed by atoms with E-state index in [4.69, 9.17) is 9.47 Å². The van der Waals surface area contributed by atoms with Crippen molar-refractivity contribution in [3.05, 3.63) is 0 Å². The van der Waals surface area contributed by atoms with Crippen molar-refractivity contribution in [2.75, 3.05) is 46.4 Å². The number of ether oxygens (including phenoxy) is 2. The van der Waals surface area contributed by atoms with Crippen molar-refractivity contribution >= 4 is 12.0 Å². The van der Waals surface area contributed by atoms with E-state index in [2.05, 4.69) is 4.90 Å². The Hall–Kier alpha value is -1.38. The first kappa shape index (κ1) is 23.3. The number of amides is 2. The topological polar surface area (TPSA) is 82.6 Å². The number of carbonyl (C=O) groups excluding carboxylic acids is 2. The number of aliphatic hydroxyl groups is 1. The molecular formula is C22H39N3O5. The highest BCUT2D eigenvalue weighted by atomic mass is 16.6. The van der Waals surface area contributed by atoms with Crippen LogP contribution >= 0.6 is 0 Å². The lowest BCUT2D eigenvalue weighted by atomic mass is 9.89. The summed E-state index contributed by atoms with van der Waals surface area (Å²) in [6, 6.07) is -0.353. The van der Waals surface area contributed by atoms with E-state index in [1.807, 2.05) is 25.7 Å². The molecule has 2 saturated heterocycles. The molecule has 2 heterocycles. The van der Waals surface area contributed by atoms with E-state index in [0.29, 0.717) is 32.8 Å². The molecule has 3 atom stereocenters. The predicted octanol–water partition coefficient (Wildman–Crippen LogP) is 1.71. The lowest BCUT2D eigenvalue weighted by Gasteiger charge is -2.42. The molecule has 30 heavy (non-hydrogen) atoms. The maximum absolute atomic E-state index is 12.9. The number of carbonyl (C=O) groups is 2. The van der Waals surface area contributed by atoms with Crippen molar-refractivity contribution in [2.24, 2.45) is 5.41 Å². The molecule has 0 bridgehead atoms. The monoisotopic (exact) mass is 425 g/mol. The van der Waals surface area contributed by atoms with Crippen LogP contribution in [0, 0.1) is 5.41 Å². The molecule has 8 nitrogen and oxygen atoms in total. The number of hydrogen-bond acceptors (Lipinski definition) is 6. The molecule has 0 unspecified atom stereocenters. The van der Waals surface area contributed by atoms with E-state index < -0.39 is 17.7 Å². The number of aliphatic hydroxyl groups excluding tert-OH is 1.